The molecule has 3 heteroatoms. The number of benzene rings is 1. The molecule has 22 heavy (non-hydrogen) atoms. The Morgan fingerprint density at radius 2 is 1.91 bits per heavy atom. The molecule has 1 aromatic heterocycles. The minimum atomic E-state index is 0.0459. The van der Waals surface area contributed by atoms with Gasteiger partial charge in [0.25, 0.3) is 0 Å². The second-order valence-electron chi connectivity index (χ2n) is 6.46. The van der Waals surface area contributed by atoms with Gasteiger partial charge in [0.1, 0.15) is 0 Å². The Kier molecular flexibility index (Phi) is 4.32. The summed E-state index contributed by atoms with van der Waals surface area (Å²) < 4.78 is 2.27. The molecule has 3 rings (SSSR count). The van der Waals surface area contributed by atoms with Gasteiger partial charge in [-0.1, -0.05) is 44.2 Å². The van der Waals surface area contributed by atoms with E-state index in [-0.39, 0.29) is 11.9 Å². The van der Waals surface area contributed by atoms with Crippen molar-refractivity contribution in [2.75, 3.05) is 6.54 Å². The molecule has 1 aliphatic rings. The van der Waals surface area contributed by atoms with Gasteiger partial charge in [0.05, 0.1) is 6.04 Å². The fraction of sp³-hybridized carbons (Fsp3) is 0.421. The van der Waals surface area contributed by atoms with Gasteiger partial charge in [0.15, 0.2) is 0 Å². The van der Waals surface area contributed by atoms with Crippen molar-refractivity contribution < 1.29 is 4.79 Å². The van der Waals surface area contributed by atoms with Gasteiger partial charge in [-0.2, -0.15) is 0 Å². The first-order chi connectivity index (χ1) is 10.7. The highest BCUT2D eigenvalue weighted by Gasteiger charge is 2.31. The van der Waals surface area contributed by atoms with Gasteiger partial charge in [-0.15, -0.1) is 0 Å². The van der Waals surface area contributed by atoms with Crippen LogP contribution in [0.5, 0.6) is 0 Å². The number of carbonyl (C=O) groups excluding carboxylic acids is 1. The minimum Gasteiger partial charge on any atom is -0.348 e. The number of hydrogen-bond acceptors (Lipinski definition) is 1. The molecule has 0 aliphatic carbocycles. The number of aromatic nitrogens is 1. The molecule has 1 aromatic carbocycles. The average molecular weight is 296 g/mol. The van der Waals surface area contributed by atoms with E-state index in [9.17, 15) is 4.79 Å². The van der Waals surface area contributed by atoms with Gasteiger partial charge in [-0.3, -0.25) is 4.79 Å². The highest BCUT2D eigenvalue weighted by Crippen LogP contribution is 2.32. The van der Waals surface area contributed by atoms with E-state index < -0.39 is 0 Å². The predicted molar refractivity (Wildman–Crippen MR) is 88.5 cm³/mol. The van der Waals surface area contributed by atoms with Crippen LogP contribution in [0.1, 0.15) is 44.0 Å². The van der Waals surface area contributed by atoms with E-state index in [1.165, 1.54) is 11.3 Å². The molecule has 0 bridgehead atoms. The third-order valence-corrected chi connectivity index (χ3v) is 4.41. The molecule has 116 valence electrons. The summed E-state index contributed by atoms with van der Waals surface area (Å²) in [6.45, 7) is 6.02. The molecular formula is C19H24N2O. The molecule has 1 atom stereocenters. The summed E-state index contributed by atoms with van der Waals surface area (Å²) in [5, 5.41) is 0. The highest BCUT2D eigenvalue weighted by molar-refractivity contribution is 5.77. The number of fused-ring (bicyclic) bond motifs is 1. The van der Waals surface area contributed by atoms with Crippen molar-refractivity contribution in [3.63, 3.8) is 0 Å². The van der Waals surface area contributed by atoms with Gasteiger partial charge in [-0.25, -0.2) is 0 Å². The molecule has 2 heterocycles. The van der Waals surface area contributed by atoms with Crippen molar-refractivity contribution in [1.29, 1.82) is 0 Å². The second kappa shape index (κ2) is 6.39. The zero-order chi connectivity index (χ0) is 15.5. The van der Waals surface area contributed by atoms with E-state index in [2.05, 4.69) is 53.8 Å². The fourth-order valence-electron chi connectivity index (χ4n) is 3.19. The lowest BCUT2D eigenvalue weighted by atomic mass is 9.98. The Morgan fingerprint density at radius 3 is 2.64 bits per heavy atom. The summed E-state index contributed by atoms with van der Waals surface area (Å²) in [4.78, 5) is 14.8. The van der Waals surface area contributed by atoms with Crippen molar-refractivity contribution >= 4 is 5.91 Å². The lowest BCUT2D eigenvalue weighted by Crippen LogP contribution is -2.42. The lowest BCUT2D eigenvalue weighted by Gasteiger charge is -2.37. The number of nitrogens with zero attached hydrogens (tertiary/aromatic N) is 2. The zero-order valence-electron chi connectivity index (χ0n) is 13.4. The number of rotatable bonds is 4. The first kappa shape index (κ1) is 14.9. The lowest BCUT2D eigenvalue weighted by molar-refractivity contribution is -0.134. The van der Waals surface area contributed by atoms with Crippen LogP contribution in [0.4, 0.5) is 0 Å². The summed E-state index contributed by atoms with van der Waals surface area (Å²) >= 11 is 0. The van der Waals surface area contributed by atoms with Crippen LogP contribution in [-0.4, -0.2) is 21.9 Å². The molecule has 0 saturated carbocycles. The van der Waals surface area contributed by atoms with Crippen LogP contribution < -0.4 is 0 Å². The third-order valence-electron chi connectivity index (χ3n) is 4.41. The monoisotopic (exact) mass is 296 g/mol. The van der Waals surface area contributed by atoms with E-state index in [0.29, 0.717) is 12.3 Å². The molecule has 1 aliphatic heterocycles. The molecule has 1 amide bonds. The van der Waals surface area contributed by atoms with Crippen molar-refractivity contribution in [2.45, 2.75) is 39.3 Å². The minimum absolute atomic E-state index is 0.0459. The van der Waals surface area contributed by atoms with Crippen LogP contribution in [0.25, 0.3) is 0 Å². The summed E-state index contributed by atoms with van der Waals surface area (Å²) in [6.07, 6.45) is 3.71. The maximum atomic E-state index is 12.7. The first-order valence-electron chi connectivity index (χ1n) is 8.16. The van der Waals surface area contributed by atoms with Crippen molar-refractivity contribution in [3.05, 3.63) is 59.9 Å². The first-order valence-corrected chi connectivity index (χ1v) is 8.16. The third kappa shape index (κ3) is 2.94. The molecule has 0 saturated heterocycles. The molecule has 1 unspecified atom stereocenters. The Bertz CT molecular complexity index is 630. The molecule has 0 spiro atoms. The van der Waals surface area contributed by atoms with E-state index in [1.807, 2.05) is 18.2 Å². The highest BCUT2D eigenvalue weighted by atomic mass is 16.2. The van der Waals surface area contributed by atoms with Gasteiger partial charge in [0.2, 0.25) is 5.91 Å². The quantitative estimate of drug-likeness (QED) is 0.841. The largest absolute Gasteiger partial charge is 0.348 e. The summed E-state index contributed by atoms with van der Waals surface area (Å²) in [5.41, 5.74) is 2.41. The Labute approximate surface area is 132 Å². The predicted octanol–water partition coefficient (Wildman–Crippen LogP) is 3.86. The van der Waals surface area contributed by atoms with E-state index in [4.69, 9.17) is 0 Å². The van der Waals surface area contributed by atoms with Gasteiger partial charge < -0.3 is 9.47 Å². The van der Waals surface area contributed by atoms with Gasteiger partial charge in [-0.05, 0) is 30.0 Å². The van der Waals surface area contributed by atoms with Crippen LogP contribution >= 0.6 is 0 Å². The van der Waals surface area contributed by atoms with Crippen LogP contribution in [0, 0.1) is 5.92 Å². The van der Waals surface area contributed by atoms with E-state index >= 15 is 0 Å². The van der Waals surface area contributed by atoms with Crippen LogP contribution in [0.2, 0.25) is 0 Å². The van der Waals surface area contributed by atoms with Crippen LogP contribution in [-0.2, 0) is 11.3 Å². The normalized spacial score (nSPS) is 17.6. The van der Waals surface area contributed by atoms with Gasteiger partial charge in [0, 0.05) is 31.4 Å². The summed E-state index contributed by atoms with van der Waals surface area (Å²) in [7, 11) is 0. The summed E-state index contributed by atoms with van der Waals surface area (Å²) in [6, 6.07) is 14.6. The smallest absolute Gasteiger partial charge is 0.223 e. The van der Waals surface area contributed by atoms with Crippen LogP contribution in [0.3, 0.4) is 0 Å². The van der Waals surface area contributed by atoms with Crippen molar-refractivity contribution in [1.82, 2.24) is 9.47 Å². The number of carbonyl (C=O) groups is 1. The average Bonchev–Trinajstić information content (AvgIpc) is 3.01. The SMILES string of the molecule is CC(C)CCC(=O)N1CCn2cccc2C1c1ccccc1. The summed E-state index contributed by atoms with van der Waals surface area (Å²) in [5.74, 6) is 0.836. The maximum absolute atomic E-state index is 12.7. The molecule has 2 aromatic rings. The standard InChI is InChI=1S/C19H24N2O/c1-15(2)10-11-18(22)21-14-13-20-12-6-9-17(20)19(21)16-7-4-3-5-8-16/h3-9,12,15,19H,10-11,13-14H2,1-2H3. The molecule has 0 fully saturated rings. The maximum Gasteiger partial charge on any atom is 0.223 e. The molecule has 0 N–H and O–H groups in total. The Hall–Kier alpha value is -2.03. The molecule has 0 radical (unpaired) electrons. The van der Waals surface area contributed by atoms with E-state index in [1.54, 1.807) is 0 Å². The van der Waals surface area contributed by atoms with Gasteiger partial charge >= 0.3 is 0 Å². The fourth-order valence-corrected chi connectivity index (χ4v) is 3.19. The zero-order valence-corrected chi connectivity index (χ0v) is 13.4. The topological polar surface area (TPSA) is 25.2 Å². The Balaban J connectivity index is 1.90. The van der Waals surface area contributed by atoms with Crippen molar-refractivity contribution in [2.24, 2.45) is 5.92 Å². The Morgan fingerprint density at radius 1 is 1.14 bits per heavy atom. The van der Waals surface area contributed by atoms with Crippen LogP contribution in [0.15, 0.2) is 48.7 Å². The number of hydrogen-bond donors (Lipinski definition) is 0. The van der Waals surface area contributed by atoms with E-state index in [0.717, 1.165) is 19.5 Å². The molecule has 3 nitrogen and oxygen atoms in total. The second-order valence-corrected chi connectivity index (χ2v) is 6.46. The van der Waals surface area contributed by atoms with Crippen molar-refractivity contribution in [3.8, 4) is 0 Å². The number of amides is 1. The molecular weight excluding hydrogens is 272 g/mol.